The summed E-state index contributed by atoms with van der Waals surface area (Å²) in [5, 5.41) is 11.1. The zero-order valence-corrected chi connectivity index (χ0v) is 9.40. The minimum absolute atomic E-state index is 0.334. The normalized spacial score (nSPS) is 28.4. The third-order valence-electron chi connectivity index (χ3n) is 3.26. The van der Waals surface area contributed by atoms with E-state index in [0.717, 1.165) is 5.06 Å². The minimum atomic E-state index is -0.488. The number of hydrogen-bond acceptors (Lipinski definition) is 4. The van der Waals surface area contributed by atoms with E-state index in [1.54, 1.807) is 0 Å². The van der Waals surface area contributed by atoms with Gasteiger partial charge < -0.3 is 0 Å². The highest BCUT2D eigenvalue weighted by molar-refractivity contribution is 5.67. The molecule has 1 aliphatic heterocycles. The van der Waals surface area contributed by atoms with Crippen LogP contribution < -0.4 is 0 Å². The maximum Gasteiger partial charge on any atom is 0.144 e. The second-order valence-corrected chi connectivity index (χ2v) is 4.61. The van der Waals surface area contributed by atoms with Gasteiger partial charge in [0.1, 0.15) is 11.9 Å². The first kappa shape index (κ1) is 11.2. The summed E-state index contributed by atoms with van der Waals surface area (Å²) < 4.78 is 0. The quantitative estimate of drug-likeness (QED) is 0.508. The van der Waals surface area contributed by atoms with Gasteiger partial charge in [-0.15, -0.1) is 0 Å². The Morgan fingerprint density at radius 3 is 2.07 bits per heavy atom. The highest BCUT2D eigenvalue weighted by Gasteiger charge is 2.51. The number of rotatable bonds is 1. The van der Waals surface area contributed by atoms with Crippen molar-refractivity contribution >= 4 is 6.29 Å². The maximum absolute atomic E-state index is 10.5. The van der Waals surface area contributed by atoms with Crippen molar-refractivity contribution in [2.75, 3.05) is 7.05 Å². The smallest absolute Gasteiger partial charge is 0.144 e. The molecule has 0 spiro atoms. The molecule has 0 radical (unpaired) electrons. The Morgan fingerprint density at radius 2 is 1.79 bits per heavy atom. The summed E-state index contributed by atoms with van der Waals surface area (Å²) in [6, 6.07) is 0. The van der Waals surface area contributed by atoms with Crippen LogP contribution >= 0.6 is 0 Å². The number of hydroxylamine groups is 2. The fourth-order valence-electron chi connectivity index (χ4n) is 1.89. The van der Waals surface area contributed by atoms with Gasteiger partial charge in [0.05, 0.1) is 11.2 Å². The van der Waals surface area contributed by atoms with E-state index in [0.29, 0.717) is 12.0 Å². The van der Waals surface area contributed by atoms with Crippen LogP contribution in [0, 0.1) is 0 Å². The summed E-state index contributed by atoms with van der Waals surface area (Å²) in [5.74, 6) is 0. The van der Waals surface area contributed by atoms with Gasteiger partial charge in [-0.3, -0.25) is 14.9 Å². The third-order valence-corrected chi connectivity index (χ3v) is 3.26. The van der Waals surface area contributed by atoms with Crippen molar-refractivity contribution in [3.8, 4) is 0 Å². The van der Waals surface area contributed by atoms with E-state index in [1.165, 1.54) is 6.08 Å². The summed E-state index contributed by atoms with van der Waals surface area (Å²) in [7, 11) is 1.93. The molecule has 0 aromatic carbocycles. The molecule has 0 aliphatic carbocycles. The zero-order valence-electron chi connectivity index (χ0n) is 9.40. The number of carbonyl (C=O) groups is 1. The minimum Gasteiger partial charge on any atom is -0.298 e. The Balaban J connectivity index is 3.23. The number of nitrogens with zero attached hydrogens (tertiary/aromatic N) is 2. The van der Waals surface area contributed by atoms with Crippen molar-refractivity contribution in [2.24, 2.45) is 0 Å². The van der Waals surface area contributed by atoms with Crippen molar-refractivity contribution in [3.63, 3.8) is 0 Å². The van der Waals surface area contributed by atoms with E-state index in [-0.39, 0.29) is 5.54 Å². The Morgan fingerprint density at radius 1 is 1.29 bits per heavy atom. The molecule has 80 valence electrons. The molecule has 4 nitrogen and oxygen atoms in total. The van der Waals surface area contributed by atoms with Gasteiger partial charge >= 0.3 is 0 Å². The summed E-state index contributed by atoms with van der Waals surface area (Å²) in [6.45, 7) is 7.75. The van der Waals surface area contributed by atoms with Crippen LogP contribution in [-0.2, 0) is 4.79 Å². The van der Waals surface area contributed by atoms with Gasteiger partial charge in [0.25, 0.3) is 0 Å². The molecule has 1 saturated heterocycles. The summed E-state index contributed by atoms with van der Waals surface area (Å²) >= 11 is 0. The second kappa shape index (κ2) is 3.07. The molecule has 0 saturated carbocycles. The number of hydrogen-bond donors (Lipinski definition) is 1. The lowest BCUT2D eigenvalue weighted by Gasteiger charge is -2.35. The van der Waals surface area contributed by atoms with E-state index in [9.17, 15) is 10.0 Å². The van der Waals surface area contributed by atoms with Crippen LogP contribution in [-0.4, -0.2) is 39.7 Å². The van der Waals surface area contributed by atoms with E-state index >= 15 is 0 Å². The molecule has 0 bridgehead atoms. The largest absolute Gasteiger partial charge is 0.298 e. The van der Waals surface area contributed by atoms with Gasteiger partial charge in [-0.1, -0.05) is 0 Å². The fourth-order valence-corrected chi connectivity index (χ4v) is 1.89. The molecule has 4 heteroatoms. The lowest BCUT2D eigenvalue weighted by molar-refractivity contribution is -0.148. The van der Waals surface area contributed by atoms with Crippen LogP contribution in [0.3, 0.4) is 0 Å². The van der Waals surface area contributed by atoms with Gasteiger partial charge in [0.15, 0.2) is 0 Å². The standard InChI is InChI=1S/C10H18N2O2/c1-9(2)8(6-7-13)12(14)10(3,4)11(9)5/h6-7,14H,1-5H3/b8-6-. The summed E-state index contributed by atoms with van der Waals surface area (Å²) in [5.41, 5.74) is -0.197. The monoisotopic (exact) mass is 198 g/mol. The third kappa shape index (κ3) is 1.26. The average molecular weight is 198 g/mol. The first-order valence-corrected chi connectivity index (χ1v) is 4.65. The lowest BCUT2D eigenvalue weighted by atomic mass is 10.0. The van der Waals surface area contributed by atoms with E-state index in [4.69, 9.17) is 0 Å². The van der Waals surface area contributed by atoms with Gasteiger partial charge in [-0.25, -0.2) is 5.06 Å². The predicted octanol–water partition coefficient (Wildman–Crippen LogP) is 1.22. The van der Waals surface area contributed by atoms with E-state index < -0.39 is 5.66 Å². The predicted molar refractivity (Wildman–Crippen MR) is 53.7 cm³/mol. The molecule has 1 aliphatic rings. The summed E-state index contributed by atoms with van der Waals surface area (Å²) in [4.78, 5) is 12.5. The van der Waals surface area contributed by atoms with Gasteiger partial charge in [0, 0.05) is 6.08 Å². The molecule has 1 rings (SSSR count). The first-order chi connectivity index (χ1) is 6.26. The number of allylic oxidation sites excluding steroid dienone is 1. The maximum atomic E-state index is 10.5. The molecule has 0 aromatic rings. The van der Waals surface area contributed by atoms with E-state index in [2.05, 4.69) is 0 Å². The number of carbonyl (C=O) groups excluding carboxylic acids is 1. The topological polar surface area (TPSA) is 43.8 Å². The summed E-state index contributed by atoms with van der Waals surface area (Å²) in [6.07, 6.45) is 2.11. The zero-order chi connectivity index (χ0) is 11.1. The Hall–Kier alpha value is -0.870. The molecule has 0 unspecified atom stereocenters. The van der Waals surface area contributed by atoms with E-state index in [1.807, 2.05) is 39.6 Å². The molecule has 0 atom stereocenters. The van der Waals surface area contributed by atoms with Gasteiger partial charge in [-0.05, 0) is 34.7 Å². The van der Waals surface area contributed by atoms with Crippen LogP contribution in [0.25, 0.3) is 0 Å². The lowest BCUT2D eigenvalue weighted by Crippen LogP contribution is -2.48. The molecular weight excluding hydrogens is 180 g/mol. The van der Waals surface area contributed by atoms with Crippen LogP contribution in [0.1, 0.15) is 27.7 Å². The van der Waals surface area contributed by atoms with Crippen molar-refractivity contribution in [2.45, 2.75) is 38.9 Å². The van der Waals surface area contributed by atoms with Crippen LogP contribution in [0.5, 0.6) is 0 Å². The fraction of sp³-hybridized carbons (Fsp3) is 0.700. The molecule has 1 N–H and O–H groups in total. The van der Waals surface area contributed by atoms with Crippen molar-refractivity contribution in [1.82, 2.24) is 9.96 Å². The van der Waals surface area contributed by atoms with Crippen LogP contribution in [0.15, 0.2) is 11.8 Å². The highest BCUT2D eigenvalue weighted by atomic mass is 16.5. The van der Waals surface area contributed by atoms with Crippen molar-refractivity contribution in [3.05, 3.63) is 11.8 Å². The SMILES string of the molecule is CN1C(C)(C)/C(=C/C=O)N(O)C1(C)C. The molecule has 0 amide bonds. The average Bonchev–Trinajstić information content (AvgIpc) is 2.19. The van der Waals surface area contributed by atoms with Crippen LogP contribution in [0.4, 0.5) is 0 Å². The number of aldehydes is 1. The van der Waals surface area contributed by atoms with Crippen molar-refractivity contribution in [1.29, 1.82) is 0 Å². The Labute approximate surface area is 84.8 Å². The highest BCUT2D eigenvalue weighted by Crippen LogP contribution is 2.41. The Bertz CT molecular complexity index is 282. The second-order valence-electron chi connectivity index (χ2n) is 4.61. The van der Waals surface area contributed by atoms with Crippen LogP contribution in [0.2, 0.25) is 0 Å². The molecule has 14 heavy (non-hydrogen) atoms. The van der Waals surface area contributed by atoms with Gasteiger partial charge in [0.2, 0.25) is 0 Å². The molecule has 1 fully saturated rings. The molecule has 1 heterocycles. The number of likely N-dealkylation sites (N-methyl/N-ethyl adjacent to an activating group) is 1. The molecule has 0 aromatic heterocycles. The van der Waals surface area contributed by atoms with Crippen molar-refractivity contribution < 1.29 is 10.0 Å². The molecular formula is C10H18N2O2. The Kier molecular flexibility index (Phi) is 2.46. The first-order valence-electron chi connectivity index (χ1n) is 4.65. The van der Waals surface area contributed by atoms with Gasteiger partial charge in [-0.2, -0.15) is 0 Å².